The highest BCUT2D eigenvalue weighted by molar-refractivity contribution is 7.99. The number of hydrogen-bond donors (Lipinski definition) is 1. The van der Waals surface area contributed by atoms with E-state index in [-0.39, 0.29) is 63.0 Å². The number of esters is 1. The van der Waals surface area contributed by atoms with Gasteiger partial charge in [-0.05, 0) is 116 Å². The van der Waals surface area contributed by atoms with Gasteiger partial charge in [0.1, 0.15) is 58.3 Å². The zero-order valence-corrected chi connectivity index (χ0v) is 44.5. The first-order chi connectivity index (χ1) is 37.0. The Morgan fingerprint density at radius 2 is 1.62 bits per heavy atom. The molecule has 4 heterocycles. The number of ether oxygens (including phenoxy) is 2. The third-order valence-corrected chi connectivity index (χ3v) is 15.6. The summed E-state index contributed by atoms with van der Waals surface area (Å²) in [5.41, 5.74) is 3.47. The molecule has 9 rings (SSSR count). The molecule has 21 heteroatoms. The molecular formula is C56H56ClF4N7O7S2. The van der Waals surface area contributed by atoms with Crippen molar-refractivity contribution in [1.82, 2.24) is 24.7 Å². The summed E-state index contributed by atoms with van der Waals surface area (Å²) >= 11 is 8.05. The fourth-order valence-corrected chi connectivity index (χ4v) is 11.0. The Morgan fingerprint density at radius 1 is 0.831 bits per heavy atom. The van der Waals surface area contributed by atoms with Crippen LogP contribution in [0, 0.1) is 5.82 Å². The minimum absolute atomic E-state index is 0.00491. The van der Waals surface area contributed by atoms with Crippen LogP contribution in [0.1, 0.15) is 42.6 Å². The van der Waals surface area contributed by atoms with Crippen LogP contribution in [0.25, 0.3) is 22.2 Å². The number of halogens is 5. The highest BCUT2D eigenvalue weighted by atomic mass is 35.5. The zero-order valence-electron chi connectivity index (χ0n) is 42.1. The van der Waals surface area contributed by atoms with Gasteiger partial charge in [-0.25, -0.2) is 22.8 Å². The van der Waals surface area contributed by atoms with E-state index in [9.17, 15) is 35.6 Å². The summed E-state index contributed by atoms with van der Waals surface area (Å²) in [4.78, 5) is 45.0. The number of furan rings is 1. The molecule has 0 saturated carbocycles. The molecule has 0 spiro atoms. The van der Waals surface area contributed by atoms with E-state index in [0.717, 1.165) is 66.9 Å². The van der Waals surface area contributed by atoms with Crippen molar-refractivity contribution in [2.24, 2.45) is 0 Å². The van der Waals surface area contributed by atoms with Crippen molar-refractivity contribution in [1.29, 1.82) is 0 Å². The van der Waals surface area contributed by atoms with Crippen LogP contribution in [0.2, 0.25) is 5.02 Å². The first-order valence-corrected chi connectivity index (χ1v) is 28.4. The molecule has 2 aliphatic rings. The van der Waals surface area contributed by atoms with Crippen LogP contribution in [0.15, 0.2) is 136 Å². The lowest BCUT2D eigenvalue weighted by molar-refractivity contribution is -0.144. The maximum atomic E-state index is 13.7. The zero-order chi connectivity index (χ0) is 54.1. The summed E-state index contributed by atoms with van der Waals surface area (Å²) in [6, 6.07) is 32.1. The van der Waals surface area contributed by atoms with Gasteiger partial charge in [0, 0.05) is 91.3 Å². The number of carbonyl (C=O) groups is 2. The SMILES string of the molecule is CS(=O)(=O)CCN(Cc1ccc(-c2ccc3ncnc(Nc4ccc(OCc5cccc(F)c5)c(Cl)c4)c3c2)o1)C(=O)CCCC(=O)OCCN1CCN(CCCN2c3ccccc3Sc3ccc(C(F)(F)F)cc32)CC1. The number of piperazine rings is 1. The van der Waals surface area contributed by atoms with Crippen LogP contribution in [0.3, 0.4) is 0 Å². The number of para-hydroxylation sites is 1. The number of hydrogen-bond acceptors (Lipinski definition) is 14. The van der Waals surface area contributed by atoms with Crippen LogP contribution >= 0.6 is 23.4 Å². The van der Waals surface area contributed by atoms with Gasteiger partial charge in [0.2, 0.25) is 5.91 Å². The van der Waals surface area contributed by atoms with Gasteiger partial charge in [-0.3, -0.25) is 14.5 Å². The molecule has 0 atom stereocenters. The van der Waals surface area contributed by atoms with Gasteiger partial charge in [0.05, 0.1) is 39.8 Å². The second-order valence-corrected chi connectivity index (χ2v) is 22.6. The lowest BCUT2D eigenvalue weighted by Gasteiger charge is -2.36. The Hall–Kier alpha value is -6.71. The molecule has 0 bridgehead atoms. The van der Waals surface area contributed by atoms with Gasteiger partial charge in [0.25, 0.3) is 0 Å². The molecule has 1 fully saturated rings. The van der Waals surface area contributed by atoms with Crippen molar-refractivity contribution in [2.75, 3.05) is 81.2 Å². The normalized spacial score (nSPS) is 14.0. The van der Waals surface area contributed by atoms with E-state index < -0.39 is 27.5 Å². The van der Waals surface area contributed by atoms with Gasteiger partial charge < -0.3 is 33.9 Å². The molecule has 77 heavy (non-hydrogen) atoms. The smallest absolute Gasteiger partial charge is 0.416 e. The molecule has 0 unspecified atom stereocenters. The molecule has 404 valence electrons. The molecule has 1 amide bonds. The topological polar surface area (TPSA) is 151 Å². The van der Waals surface area contributed by atoms with E-state index >= 15 is 0 Å². The van der Waals surface area contributed by atoms with Crippen LogP contribution in [-0.4, -0.2) is 116 Å². The Kier molecular flexibility index (Phi) is 17.7. The number of nitrogens with one attached hydrogen (secondary N) is 1. The predicted octanol–water partition coefficient (Wildman–Crippen LogP) is 11.4. The number of rotatable bonds is 22. The van der Waals surface area contributed by atoms with Crippen LogP contribution in [0.5, 0.6) is 5.75 Å². The van der Waals surface area contributed by atoms with Crippen molar-refractivity contribution in [3.05, 3.63) is 149 Å². The number of amides is 1. The number of alkyl halides is 3. The number of sulfone groups is 1. The van der Waals surface area contributed by atoms with E-state index in [4.69, 9.17) is 25.5 Å². The Bertz CT molecular complexity index is 3340. The maximum absolute atomic E-state index is 13.7. The molecule has 5 aromatic carbocycles. The maximum Gasteiger partial charge on any atom is 0.416 e. The fraction of sp³-hybridized carbons (Fsp3) is 0.321. The van der Waals surface area contributed by atoms with Gasteiger partial charge in [0.15, 0.2) is 0 Å². The Morgan fingerprint density at radius 3 is 2.40 bits per heavy atom. The minimum Gasteiger partial charge on any atom is -0.487 e. The van der Waals surface area contributed by atoms with Gasteiger partial charge in [-0.15, -0.1) is 0 Å². The summed E-state index contributed by atoms with van der Waals surface area (Å²) in [7, 11) is -3.42. The number of anilines is 4. The lowest BCUT2D eigenvalue weighted by atomic mass is 10.1. The van der Waals surface area contributed by atoms with Crippen molar-refractivity contribution in [3.8, 4) is 17.1 Å². The van der Waals surface area contributed by atoms with E-state index in [1.807, 2.05) is 47.4 Å². The molecule has 14 nitrogen and oxygen atoms in total. The molecule has 1 saturated heterocycles. The molecule has 1 N–H and O–H groups in total. The lowest BCUT2D eigenvalue weighted by Crippen LogP contribution is -2.47. The summed E-state index contributed by atoms with van der Waals surface area (Å²) in [6.45, 7) is 5.33. The molecule has 0 aliphatic carbocycles. The number of carbonyl (C=O) groups excluding carboxylic acids is 2. The molecule has 2 aromatic heterocycles. The van der Waals surface area contributed by atoms with Gasteiger partial charge in [-0.2, -0.15) is 13.2 Å². The average molecular weight is 1110 g/mol. The number of fused-ring (bicyclic) bond motifs is 3. The minimum atomic E-state index is -4.43. The van der Waals surface area contributed by atoms with Crippen LogP contribution in [-0.2, 0) is 43.5 Å². The molecule has 0 radical (unpaired) electrons. The largest absolute Gasteiger partial charge is 0.487 e. The summed E-state index contributed by atoms with van der Waals surface area (Å²) < 4.78 is 96.7. The summed E-state index contributed by atoms with van der Waals surface area (Å²) in [5, 5.41) is 4.32. The first kappa shape index (κ1) is 55.1. The fourth-order valence-electron chi connectivity index (χ4n) is 9.14. The molecule has 7 aromatic rings. The highest BCUT2D eigenvalue weighted by Gasteiger charge is 2.33. The average Bonchev–Trinajstić information content (AvgIpc) is 3.90. The molecular weight excluding hydrogens is 1060 g/mol. The van der Waals surface area contributed by atoms with Crippen molar-refractivity contribution in [2.45, 2.75) is 54.8 Å². The van der Waals surface area contributed by atoms with Gasteiger partial charge in [-0.1, -0.05) is 47.6 Å². The third-order valence-electron chi connectivity index (χ3n) is 13.2. The monoisotopic (exact) mass is 1110 g/mol. The first-order valence-electron chi connectivity index (χ1n) is 25.1. The second kappa shape index (κ2) is 24.7. The van der Waals surface area contributed by atoms with E-state index in [0.29, 0.717) is 74.6 Å². The van der Waals surface area contributed by atoms with Crippen molar-refractivity contribution < 1.29 is 49.5 Å². The standard InChI is InChI=1S/C56H56ClF4N7O7S2/c1-77(71,72)30-28-67(35-43-16-19-49(75-43)39-13-17-46-44(32-39)55(63-37-62-46)64-42-15-18-50(45(57)34-42)74-36-38-7-4-8-41(58)31-38)53(69)11-5-12-54(70)73-29-27-66-25-23-65(24-26-66)21-6-22-68-47-9-2-3-10-51(47)76-52-20-14-40(33-48(52)68)56(59,60)61/h2-4,7-10,13-20,31-34,37H,5-6,11-12,21-30,35-36H2,1H3,(H,62,63,64). The van der Waals surface area contributed by atoms with E-state index in [1.54, 1.807) is 48.5 Å². The highest BCUT2D eigenvalue weighted by Crippen LogP contribution is 2.49. The van der Waals surface area contributed by atoms with Crippen LogP contribution < -0.4 is 15.0 Å². The summed E-state index contributed by atoms with van der Waals surface area (Å²) in [6.07, 6.45) is -0.909. The Labute approximate surface area is 453 Å². The third kappa shape index (κ3) is 14.9. The number of nitrogens with zero attached hydrogens (tertiary/aromatic N) is 6. The molecule has 2 aliphatic heterocycles. The van der Waals surface area contributed by atoms with E-state index in [1.165, 1.54) is 41.2 Å². The van der Waals surface area contributed by atoms with Gasteiger partial charge >= 0.3 is 12.1 Å². The van der Waals surface area contributed by atoms with E-state index in [2.05, 4.69) is 25.1 Å². The number of aromatic nitrogens is 2. The summed E-state index contributed by atoms with van der Waals surface area (Å²) in [5.74, 6) is 0.484. The van der Waals surface area contributed by atoms with Crippen molar-refractivity contribution in [3.63, 3.8) is 0 Å². The Balaban J connectivity index is 0.718. The second-order valence-electron chi connectivity index (χ2n) is 18.9. The van der Waals surface area contributed by atoms with Crippen molar-refractivity contribution >= 4 is 78.9 Å². The quantitative estimate of drug-likeness (QED) is 0.0506. The van der Waals surface area contributed by atoms with Crippen LogP contribution in [0.4, 0.5) is 40.4 Å². The predicted molar refractivity (Wildman–Crippen MR) is 289 cm³/mol. The number of benzene rings is 5.